The Balaban J connectivity index is 1.64. The van der Waals surface area contributed by atoms with Crippen molar-refractivity contribution in [1.29, 1.82) is 0 Å². The first-order valence-corrected chi connectivity index (χ1v) is 14.7. The van der Waals surface area contributed by atoms with Crippen LogP contribution in [0.1, 0.15) is 37.4 Å². The van der Waals surface area contributed by atoms with Crippen molar-refractivity contribution >= 4 is 145 Å². The number of benzene rings is 3. The summed E-state index contributed by atoms with van der Waals surface area (Å²) < 4.78 is 2.69. The lowest BCUT2D eigenvalue weighted by Gasteiger charge is -2.11. The number of hydrogen-bond donors (Lipinski definition) is 2. The normalized spacial score (nSPS) is 16.4. The number of hydrogen-bond acceptors (Lipinski definition) is 4. The van der Waals surface area contributed by atoms with Gasteiger partial charge in [-0.2, -0.15) is 0 Å². The molecule has 2 N–H and O–H groups in total. The summed E-state index contributed by atoms with van der Waals surface area (Å²) in [5, 5.41) is 5.58. The van der Waals surface area contributed by atoms with Gasteiger partial charge in [0.05, 0.1) is 48.2 Å². The molecule has 0 radical (unpaired) electrons. The standard InChI is InChI=1S/C23H8Br4Cl4N4O2/c1-5-6(32-20-8-9(22(36)34-20)13(25)15(27)14(26)12(8)24)3-2-4-7(5)33-21-10-11(23(37)35-21)17(29)19(31)18(30)16(10)28/h2-4H,1H3,(H,32,34,36)(H,33,35,37). The summed E-state index contributed by atoms with van der Waals surface area (Å²) >= 11 is 39.1. The molecule has 3 aromatic carbocycles. The van der Waals surface area contributed by atoms with Crippen molar-refractivity contribution in [2.45, 2.75) is 6.92 Å². The minimum atomic E-state index is -0.495. The summed E-state index contributed by atoms with van der Waals surface area (Å²) in [4.78, 5) is 34.7. The van der Waals surface area contributed by atoms with Gasteiger partial charge in [0.2, 0.25) is 0 Å². The first kappa shape index (κ1) is 27.6. The highest BCUT2D eigenvalue weighted by Crippen LogP contribution is 2.45. The Hall–Kier alpha value is -0.980. The van der Waals surface area contributed by atoms with E-state index in [1.54, 1.807) is 18.2 Å². The summed E-state index contributed by atoms with van der Waals surface area (Å²) in [6, 6.07) is 5.30. The Morgan fingerprint density at radius 1 is 0.622 bits per heavy atom. The number of carbonyl (C=O) groups excluding carboxylic acids is 2. The largest absolute Gasteiger partial charge is 0.306 e. The second-order valence-electron chi connectivity index (χ2n) is 7.76. The van der Waals surface area contributed by atoms with E-state index in [2.05, 4.69) is 79.3 Å². The Morgan fingerprint density at radius 3 is 1.59 bits per heavy atom. The van der Waals surface area contributed by atoms with Gasteiger partial charge in [-0.05, 0) is 82.8 Å². The molecule has 0 fully saturated rings. The molecule has 2 amide bonds. The maximum Gasteiger partial charge on any atom is 0.259 e. The van der Waals surface area contributed by atoms with E-state index in [0.29, 0.717) is 47.3 Å². The SMILES string of the molecule is Cc1c(N=C2NC(=O)c3c(Cl)c(Cl)c(Cl)c(Cl)c32)cccc1N=C1NC(=O)c2c(Br)c(Br)c(Br)c(Br)c21. The number of rotatable bonds is 2. The molecule has 2 aliphatic rings. The van der Waals surface area contributed by atoms with E-state index in [-0.39, 0.29) is 43.0 Å². The van der Waals surface area contributed by atoms with Crippen LogP contribution in [0.15, 0.2) is 46.1 Å². The van der Waals surface area contributed by atoms with Crippen molar-refractivity contribution in [2.24, 2.45) is 9.98 Å². The lowest BCUT2D eigenvalue weighted by atomic mass is 10.1. The van der Waals surface area contributed by atoms with Crippen LogP contribution in [0.25, 0.3) is 0 Å². The third-order valence-electron chi connectivity index (χ3n) is 5.67. The average Bonchev–Trinajstić information content (AvgIpc) is 3.36. The number of nitrogens with zero attached hydrogens (tertiary/aromatic N) is 2. The predicted octanol–water partition coefficient (Wildman–Crippen LogP) is 9.30. The third kappa shape index (κ3) is 4.41. The van der Waals surface area contributed by atoms with Gasteiger partial charge in [0.25, 0.3) is 11.8 Å². The van der Waals surface area contributed by atoms with Crippen molar-refractivity contribution in [3.8, 4) is 0 Å². The van der Waals surface area contributed by atoms with Gasteiger partial charge < -0.3 is 10.6 Å². The van der Waals surface area contributed by atoms with E-state index in [0.717, 1.165) is 4.47 Å². The molecule has 0 atom stereocenters. The van der Waals surface area contributed by atoms with E-state index >= 15 is 0 Å². The molecule has 3 aromatic rings. The Bertz CT molecular complexity index is 1560. The van der Waals surface area contributed by atoms with Gasteiger partial charge in [0.1, 0.15) is 11.7 Å². The molecule has 6 nitrogen and oxygen atoms in total. The van der Waals surface area contributed by atoms with Crippen LogP contribution in [0.4, 0.5) is 11.4 Å². The fourth-order valence-electron chi connectivity index (χ4n) is 3.86. The number of nitrogens with one attached hydrogen (secondary N) is 2. The van der Waals surface area contributed by atoms with Crippen molar-refractivity contribution in [1.82, 2.24) is 10.6 Å². The van der Waals surface area contributed by atoms with Crippen LogP contribution >= 0.6 is 110 Å². The zero-order valence-corrected chi connectivity index (χ0v) is 27.3. The van der Waals surface area contributed by atoms with Crippen LogP contribution in [0, 0.1) is 6.92 Å². The Kier molecular flexibility index (Phi) is 7.61. The number of amides is 2. The van der Waals surface area contributed by atoms with Crippen LogP contribution in [-0.2, 0) is 0 Å². The average molecular weight is 834 g/mol. The van der Waals surface area contributed by atoms with Gasteiger partial charge in [-0.3, -0.25) is 9.59 Å². The molecule has 2 heterocycles. The van der Waals surface area contributed by atoms with Gasteiger partial charge in [0.15, 0.2) is 0 Å². The zero-order chi connectivity index (χ0) is 26.9. The van der Waals surface area contributed by atoms with Crippen LogP contribution in [0.3, 0.4) is 0 Å². The molecule has 0 saturated heterocycles. The van der Waals surface area contributed by atoms with E-state index in [9.17, 15) is 9.59 Å². The van der Waals surface area contributed by atoms with Crippen LogP contribution in [0.2, 0.25) is 20.1 Å². The second kappa shape index (κ2) is 10.2. The minimum Gasteiger partial charge on any atom is -0.306 e. The lowest BCUT2D eigenvalue weighted by molar-refractivity contribution is 0.0974. The summed E-state index contributed by atoms with van der Waals surface area (Å²) in [5.74, 6) is -0.246. The summed E-state index contributed by atoms with van der Waals surface area (Å²) in [6.45, 7) is 1.82. The fraction of sp³-hybridized carbons (Fsp3) is 0.0435. The maximum absolute atomic E-state index is 12.8. The molecule has 188 valence electrons. The Labute approximate surface area is 263 Å². The van der Waals surface area contributed by atoms with Crippen molar-refractivity contribution in [3.63, 3.8) is 0 Å². The number of carbonyl (C=O) groups is 2. The summed E-state index contributed by atoms with van der Waals surface area (Å²) in [7, 11) is 0. The van der Waals surface area contributed by atoms with E-state index < -0.39 is 5.91 Å². The fourth-order valence-corrected chi connectivity index (χ4v) is 7.38. The molecular formula is C23H8Br4Cl4N4O2. The summed E-state index contributed by atoms with van der Waals surface area (Å²) in [6.07, 6.45) is 0. The van der Waals surface area contributed by atoms with E-state index in [4.69, 9.17) is 51.4 Å². The molecule has 0 spiro atoms. The van der Waals surface area contributed by atoms with Crippen molar-refractivity contribution in [2.75, 3.05) is 0 Å². The number of amidine groups is 2. The smallest absolute Gasteiger partial charge is 0.259 e. The number of aliphatic imine (C=N–C) groups is 2. The van der Waals surface area contributed by atoms with Gasteiger partial charge in [0, 0.05) is 29.0 Å². The second-order valence-corrected chi connectivity index (χ2v) is 12.4. The topological polar surface area (TPSA) is 82.9 Å². The molecule has 0 aromatic heterocycles. The lowest BCUT2D eigenvalue weighted by Crippen LogP contribution is -2.21. The quantitative estimate of drug-likeness (QED) is 0.200. The highest BCUT2D eigenvalue weighted by molar-refractivity contribution is 9.15. The van der Waals surface area contributed by atoms with E-state index in [1.807, 2.05) is 6.92 Å². The monoisotopic (exact) mass is 828 g/mol. The van der Waals surface area contributed by atoms with Crippen molar-refractivity contribution in [3.05, 3.63) is 84.0 Å². The molecule has 37 heavy (non-hydrogen) atoms. The van der Waals surface area contributed by atoms with Crippen LogP contribution in [-0.4, -0.2) is 23.5 Å². The van der Waals surface area contributed by atoms with Gasteiger partial charge >= 0.3 is 0 Å². The van der Waals surface area contributed by atoms with Crippen LogP contribution in [0.5, 0.6) is 0 Å². The number of fused-ring (bicyclic) bond motifs is 2. The molecule has 0 unspecified atom stereocenters. The van der Waals surface area contributed by atoms with E-state index in [1.165, 1.54) is 0 Å². The van der Waals surface area contributed by atoms with Crippen LogP contribution < -0.4 is 10.6 Å². The molecule has 0 aliphatic carbocycles. The first-order chi connectivity index (χ1) is 17.4. The molecule has 2 aliphatic heterocycles. The number of halogens is 8. The molecule has 0 bridgehead atoms. The zero-order valence-electron chi connectivity index (χ0n) is 18.0. The van der Waals surface area contributed by atoms with Crippen molar-refractivity contribution < 1.29 is 9.59 Å². The molecule has 0 saturated carbocycles. The predicted molar refractivity (Wildman–Crippen MR) is 162 cm³/mol. The third-order valence-corrected chi connectivity index (χ3v) is 12.2. The highest BCUT2D eigenvalue weighted by atomic mass is 79.9. The summed E-state index contributed by atoms with van der Waals surface area (Å²) in [5.41, 5.74) is 3.16. The molecule has 5 rings (SSSR count). The van der Waals surface area contributed by atoms with Gasteiger partial charge in [-0.15, -0.1) is 0 Å². The first-order valence-electron chi connectivity index (χ1n) is 10.1. The Morgan fingerprint density at radius 2 is 1.05 bits per heavy atom. The highest BCUT2D eigenvalue weighted by Gasteiger charge is 2.35. The maximum atomic E-state index is 12.8. The van der Waals surface area contributed by atoms with Gasteiger partial charge in [-0.25, -0.2) is 9.98 Å². The minimum absolute atomic E-state index is 0.00388. The van der Waals surface area contributed by atoms with Gasteiger partial charge in [-0.1, -0.05) is 52.5 Å². The molecular weight excluding hydrogens is 826 g/mol. The molecule has 14 heteroatoms.